The molecule has 0 radical (unpaired) electrons. The fourth-order valence-electron chi connectivity index (χ4n) is 3.10. The largest absolute Gasteiger partial charge is 0.454 e. The van der Waals surface area contributed by atoms with Crippen molar-refractivity contribution in [1.82, 2.24) is 20.3 Å². The molecule has 3 aromatic rings. The van der Waals surface area contributed by atoms with Crippen molar-refractivity contribution in [3.8, 4) is 22.6 Å². The Hall–Kier alpha value is -3.48. The molecule has 1 aromatic carbocycles. The smallest absolute Gasteiger partial charge is 0.231 e. The molecule has 3 heterocycles. The van der Waals surface area contributed by atoms with Crippen LogP contribution in [0.3, 0.4) is 0 Å². The first-order chi connectivity index (χ1) is 13.7. The van der Waals surface area contributed by atoms with E-state index >= 15 is 0 Å². The van der Waals surface area contributed by atoms with E-state index in [0.29, 0.717) is 30.3 Å². The highest BCUT2D eigenvalue weighted by Gasteiger charge is 2.14. The fourth-order valence-corrected chi connectivity index (χ4v) is 3.10. The molecule has 28 heavy (non-hydrogen) atoms. The molecule has 1 aliphatic heterocycles. The Morgan fingerprint density at radius 3 is 2.82 bits per heavy atom. The molecule has 0 saturated carbocycles. The van der Waals surface area contributed by atoms with Gasteiger partial charge in [0.1, 0.15) is 5.82 Å². The number of hydrogen-bond acceptors (Lipinski definition) is 6. The van der Waals surface area contributed by atoms with E-state index in [1.165, 1.54) is 0 Å². The third-order valence-corrected chi connectivity index (χ3v) is 4.47. The Morgan fingerprint density at radius 1 is 1.14 bits per heavy atom. The molecule has 1 amide bonds. The van der Waals surface area contributed by atoms with Gasteiger partial charge in [-0.2, -0.15) is 0 Å². The summed E-state index contributed by atoms with van der Waals surface area (Å²) in [5.74, 6) is 2.06. The van der Waals surface area contributed by atoms with Crippen molar-refractivity contribution in [3.63, 3.8) is 0 Å². The number of aromatic nitrogens is 3. The molecule has 2 aromatic heterocycles. The van der Waals surface area contributed by atoms with Gasteiger partial charge in [-0.05, 0) is 42.3 Å². The van der Waals surface area contributed by atoms with E-state index in [0.717, 1.165) is 22.4 Å². The molecule has 7 heteroatoms. The second-order valence-electron chi connectivity index (χ2n) is 6.48. The van der Waals surface area contributed by atoms with Crippen LogP contribution in [0.1, 0.15) is 17.1 Å². The number of amides is 1. The molecule has 0 aliphatic carbocycles. The second kappa shape index (κ2) is 8.04. The average molecular weight is 376 g/mol. The molecule has 0 unspecified atom stereocenters. The Labute approximate surface area is 162 Å². The van der Waals surface area contributed by atoms with E-state index in [9.17, 15) is 4.79 Å². The standard InChI is InChI=1S/C21H20N4O3/c1-14-24-12-17(16-4-7-22-8-5-16)18(25-14)6-9-23-21(26)11-15-2-3-19-20(10-15)28-13-27-19/h2-5,7-8,10,12H,6,9,11,13H2,1H3,(H,23,26). The van der Waals surface area contributed by atoms with Gasteiger partial charge >= 0.3 is 0 Å². The van der Waals surface area contributed by atoms with Crippen LogP contribution in [0.25, 0.3) is 11.1 Å². The van der Waals surface area contributed by atoms with Gasteiger partial charge in [0.15, 0.2) is 11.5 Å². The van der Waals surface area contributed by atoms with Crippen LogP contribution in [0.5, 0.6) is 11.5 Å². The molecule has 1 aliphatic rings. The summed E-state index contributed by atoms with van der Waals surface area (Å²) in [6.45, 7) is 2.58. The first-order valence-electron chi connectivity index (χ1n) is 9.07. The Kier molecular flexibility index (Phi) is 5.14. The normalized spacial score (nSPS) is 12.0. The molecule has 0 spiro atoms. The van der Waals surface area contributed by atoms with Crippen LogP contribution < -0.4 is 14.8 Å². The lowest BCUT2D eigenvalue weighted by Crippen LogP contribution is -2.27. The van der Waals surface area contributed by atoms with Crippen molar-refractivity contribution in [1.29, 1.82) is 0 Å². The molecule has 4 rings (SSSR count). The summed E-state index contributed by atoms with van der Waals surface area (Å²) < 4.78 is 10.6. The van der Waals surface area contributed by atoms with Gasteiger partial charge in [-0.1, -0.05) is 6.07 Å². The first-order valence-corrected chi connectivity index (χ1v) is 9.07. The molecule has 0 atom stereocenters. The molecule has 7 nitrogen and oxygen atoms in total. The van der Waals surface area contributed by atoms with Crippen LogP contribution >= 0.6 is 0 Å². The zero-order chi connectivity index (χ0) is 19.3. The minimum Gasteiger partial charge on any atom is -0.454 e. The van der Waals surface area contributed by atoms with Crippen molar-refractivity contribution in [3.05, 3.63) is 66.0 Å². The molecular weight excluding hydrogens is 356 g/mol. The first kappa shape index (κ1) is 17.9. The van der Waals surface area contributed by atoms with Crippen molar-refractivity contribution in [2.45, 2.75) is 19.8 Å². The van der Waals surface area contributed by atoms with E-state index in [-0.39, 0.29) is 19.1 Å². The number of carbonyl (C=O) groups excluding carboxylic acids is 1. The molecule has 142 valence electrons. The Balaban J connectivity index is 1.37. The van der Waals surface area contributed by atoms with E-state index in [2.05, 4.69) is 20.3 Å². The maximum Gasteiger partial charge on any atom is 0.231 e. The minimum absolute atomic E-state index is 0.0462. The summed E-state index contributed by atoms with van der Waals surface area (Å²) >= 11 is 0. The number of fused-ring (bicyclic) bond motifs is 1. The zero-order valence-corrected chi connectivity index (χ0v) is 15.5. The van der Waals surface area contributed by atoms with Crippen LogP contribution in [0, 0.1) is 6.92 Å². The summed E-state index contributed by atoms with van der Waals surface area (Å²) in [5.41, 5.74) is 3.76. The highest BCUT2D eigenvalue weighted by Crippen LogP contribution is 2.32. The lowest BCUT2D eigenvalue weighted by atomic mass is 10.1. The minimum atomic E-state index is -0.0462. The summed E-state index contributed by atoms with van der Waals surface area (Å²) in [7, 11) is 0. The highest BCUT2D eigenvalue weighted by molar-refractivity contribution is 5.78. The van der Waals surface area contributed by atoms with Gasteiger partial charge in [-0.15, -0.1) is 0 Å². The van der Waals surface area contributed by atoms with Crippen molar-refractivity contribution in [2.24, 2.45) is 0 Å². The Morgan fingerprint density at radius 2 is 1.96 bits per heavy atom. The maximum absolute atomic E-state index is 12.3. The van der Waals surface area contributed by atoms with Crippen LogP contribution in [0.4, 0.5) is 0 Å². The van der Waals surface area contributed by atoms with Gasteiger partial charge < -0.3 is 14.8 Å². The van der Waals surface area contributed by atoms with Gasteiger partial charge in [-0.3, -0.25) is 9.78 Å². The SMILES string of the molecule is Cc1ncc(-c2ccncc2)c(CCNC(=O)Cc2ccc3c(c2)OCO3)n1. The topological polar surface area (TPSA) is 86.2 Å². The molecule has 0 bridgehead atoms. The molecule has 1 N–H and O–H groups in total. The Bertz CT molecular complexity index is 992. The summed E-state index contributed by atoms with van der Waals surface area (Å²) in [5, 5.41) is 2.96. The second-order valence-corrected chi connectivity index (χ2v) is 6.48. The van der Waals surface area contributed by atoms with E-state index < -0.39 is 0 Å². The summed E-state index contributed by atoms with van der Waals surface area (Å²) in [4.78, 5) is 25.2. The predicted molar refractivity (Wildman–Crippen MR) is 103 cm³/mol. The number of pyridine rings is 1. The van der Waals surface area contributed by atoms with E-state index in [4.69, 9.17) is 9.47 Å². The maximum atomic E-state index is 12.3. The number of carbonyl (C=O) groups is 1. The number of hydrogen-bond donors (Lipinski definition) is 1. The third kappa shape index (κ3) is 4.09. The number of benzene rings is 1. The number of nitrogens with one attached hydrogen (secondary N) is 1. The van der Waals surface area contributed by atoms with Gasteiger partial charge in [0.05, 0.1) is 12.1 Å². The molecule has 0 saturated heterocycles. The van der Waals surface area contributed by atoms with Crippen LogP contribution in [0.2, 0.25) is 0 Å². The van der Waals surface area contributed by atoms with Gasteiger partial charge in [0.2, 0.25) is 12.7 Å². The van der Waals surface area contributed by atoms with E-state index in [1.54, 1.807) is 12.4 Å². The summed E-state index contributed by atoms with van der Waals surface area (Å²) in [6, 6.07) is 9.40. The predicted octanol–water partition coefficient (Wildman–Crippen LogP) is 2.48. The van der Waals surface area contributed by atoms with Crippen molar-refractivity contribution >= 4 is 5.91 Å². The van der Waals surface area contributed by atoms with Gasteiger partial charge in [0.25, 0.3) is 0 Å². The third-order valence-electron chi connectivity index (χ3n) is 4.47. The lowest BCUT2D eigenvalue weighted by molar-refractivity contribution is -0.120. The lowest BCUT2D eigenvalue weighted by Gasteiger charge is -2.10. The molecular formula is C21H20N4O3. The van der Waals surface area contributed by atoms with Gasteiger partial charge in [0, 0.05) is 37.1 Å². The number of rotatable bonds is 6. The van der Waals surface area contributed by atoms with E-state index in [1.807, 2.05) is 43.5 Å². The quantitative estimate of drug-likeness (QED) is 0.711. The highest BCUT2D eigenvalue weighted by atomic mass is 16.7. The van der Waals surface area contributed by atoms with Gasteiger partial charge in [-0.25, -0.2) is 9.97 Å². The monoisotopic (exact) mass is 376 g/mol. The van der Waals surface area contributed by atoms with Crippen molar-refractivity contribution < 1.29 is 14.3 Å². The number of nitrogens with zero attached hydrogens (tertiary/aromatic N) is 3. The van der Waals surface area contributed by atoms with Crippen LogP contribution in [-0.2, 0) is 17.6 Å². The molecule has 0 fully saturated rings. The van der Waals surface area contributed by atoms with Crippen LogP contribution in [0.15, 0.2) is 48.9 Å². The number of ether oxygens (including phenoxy) is 2. The fraction of sp³-hybridized carbons (Fsp3) is 0.238. The van der Waals surface area contributed by atoms with Crippen molar-refractivity contribution in [2.75, 3.05) is 13.3 Å². The summed E-state index contributed by atoms with van der Waals surface area (Å²) in [6.07, 6.45) is 6.21. The average Bonchev–Trinajstić information content (AvgIpc) is 3.17. The van der Waals surface area contributed by atoms with Crippen LogP contribution in [-0.4, -0.2) is 34.2 Å². The zero-order valence-electron chi connectivity index (χ0n) is 15.5. The number of aryl methyl sites for hydroxylation is 1.